The molecule has 0 fully saturated rings. The summed E-state index contributed by atoms with van der Waals surface area (Å²) in [5.74, 6) is 0.472. The third-order valence-electron chi connectivity index (χ3n) is 2.83. The number of hydrogen-bond acceptors (Lipinski definition) is 3. The summed E-state index contributed by atoms with van der Waals surface area (Å²) in [4.78, 5) is 11.8. The van der Waals surface area contributed by atoms with Crippen LogP contribution >= 0.6 is 0 Å². The lowest BCUT2D eigenvalue weighted by Gasteiger charge is -2.12. The molecule has 0 heterocycles. The van der Waals surface area contributed by atoms with E-state index in [1.165, 1.54) is 0 Å². The molecule has 0 radical (unpaired) electrons. The van der Waals surface area contributed by atoms with Crippen LogP contribution in [0.15, 0.2) is 30.3 Å². The van der Waals surface area contributed by atoms with Gasteiger partial charge in [0.05, 0.1) is 6.61 Å². The van der Waals surface area contributed by atoms with Crippen molar-refractivity contribution in [3.63, 3.8) is 0 Å². The Morgan fingerprint density at radius 3 is 2.58 bits per heavy atom. The first-order chi connectivity index (χ1) is 9.11. The van der Waals surface area contributed by atoms with Crippen molar-refractivity contribution in [2.75, 3.05) is 19.8 Å². The minimum absolute atomic E-state index is 0.168. The van der Waals surface area contributed by atoms with Gasteiger partial charge in [-0.05, 0) is 17.9 Å². The van der Waals surface area contributed by atoms with E-state index in [1.807, 2.05) is 30.3 Å². The van der Waals surface area contributed by atoms with Crippen LogP contribution < -0.4 is 11.1 Å². The number of rotatable bonds is 8. The summed E-state index contributed by atoms with van der Waals surface area (Å²) >= 11 is 0. The highest BCUT2D eigenvalue weighted by atomic mass is 16.5. The van der Waals surface area contributed by atoms with E-state index in [1.54, 1.807) is 0 Å². The second-order valence-corrected chi connectivity index (χ2v) is 4.97. The van der Waals surface area contributed by atoms with Gasteiger partial charge in [0.1, 0.15) is 6.04 Å². The summed E-state index contributed by atoms with van der Waals surface area (Å²) in [6.07, 6.45) is 1.04. The molecule has 0 bridgehead atoms. The van der Waals surface area contributed by atoms with Gasteiger partial charge in [-0.1, -0.05) is 44.2 Å². The topological polar surface area (TPSA) is 64.3 Å². The molecule has 19 heavy (non-hydrogen) atoms. The molecule has 0 aliphatic rings. The molecule has 3 N–H and O–H groups in total. The van der Waals surface area contributed by atoms with Crippen LogP contribution in [0, 0.1) is 5.92 Å². The standard InChI is InChI=1S/C15H24N2O2/c1-12(2)8-10-19-11-9-17-15(18)14(16)13-6-4-3-5-7-13/h3-7,12,14H,8-11,16H2,1-2H3,(H,17,18)/t14-/m1/s1. The number of amides is 1. The highest BCUT2D eigenvalue weighted by Gasteiger charge is 2.14. The second-order valence-electron chi connectivity index (χ2n) is 4.97. The summed E-state index contributed by atoms with van der Waals surface area (Å²) in [6.45, 7) is 6.07. The molecular weight excluding hydrogens is 240 g/mol. The molecule has 1 aromatic carbocycles. The average molecular weight is 264 g/mol. The van der Waals surface area contributed by atoms with Crippen molar-refractivity contribution in [3.05, 3.63) is 35.9 Å². The molecular formula is C15H24N2O2. The Bertz CT molecular complexity index is 366. The van der Waals surface area contributed by atoms with Gasteiger partial charge < -0.3 is 15.8 Å². The van der Waals surface area contributed by atoms with Crippen LogP contribution in [0.2, 0.25) is 0 Å². The van der Waals surface area contributed by atoms with Crippen LogP contribution in [0.3, 0.4) is 0 Å². The van der Waals surface area contributed by atoms with Crippen LogP contribution in [0.4, 0.5) is 0 Å². The Kier molecular flexibility index (Phi) is 7.15. The second kappa shape index (κ2) is 8.67. The van der Waals surface area contributed by atoms with Crippen molar-refractivity contribution in [1.29, 1.82) is 0 Å². The first-order valence-electron chi connectivity index (χ1n) is 6.77. The van der Waals surface area contributed by atoms with Crippen LogP contribution in [-0.4, -0.2) is 25.7 Å². The first kappa shape index (κ1) is 15.7. The van der Waals surface area contributed by atoms with E-state index in [0.29, 0.717) is 19.1 Å². The lowest BCUT2D eigenvalue weighted by molar-refractivity contribution is -0.122. The minimum atomic E-state index is -0.614. The largest absolute Gasteiger partial charge is 0.380 e. The molecule has 1 amide bonds. The van der Waals surface area contributed by atoms with Crippen LogP contribution in [-0.2, 0) is 9.53 Å². The molecule has 0 unspecified atom stereocenters. The molecule has 1 atom stereocenters. The van der Waals surface area contributed by atoms with Gasteiger partial charge in [0, 0.05) is 13.2 Å². The van der Waals surface area contributed by atoms with Crippen molar-refractivity contribution in [1.82, 2.24) is 5.32 Å². The van der Waals surface area contributed by atoms with E-state index in [-0.39, 0.29) is 5.91 Å². The third kappa shape index (κ3) is 6.36. The fourth-order valence-electron chi connectivity index (χ4n) is 1.59. The molecule has 0 aromatic heterocycles. The van der Waals surface area contributed by atoms with Gasteiger partial charge >= 0.3 is 0 Å². The van der Waals surface area contributed by atoms with E-state index >= 15 is 0 Å². The fourth-order valence-corrected chi connectivity index (χ4v) is 1.59. The quantitative estimate of drug-likeness (QED) is 0.704. The number of nitrogens with two attached hydrogens (primary N) is 1. The van der Waals surface area contributed by atoms with Crippen LogP contribution in [0.5, 0.6) is 0 Å². The molecule has 0 saturated heterocycles. The highest BCUT2D eigenvalue weighted by Crippen LogP contribution is 2.08. The van der Waals surface area contributed by atoms with Crippen molar-refractivity contribution in [2.24, 2.45) is 11.7 Å². The maximum Gasteiger partial charge on any atom is 0.241 e. The SMILES string of the molecule is CC(C)CCOCCNC(=O)[C@H](N)c1ccccc1. The molecule has 1 aromatic rings. The number of nitrogens with one attached hydrogen (secondary N) is 1. The van der Waals surface area contributed by atoms with Crippen molar-refractivity contribution >= 4 is 5.91 Å². The number of benzene rings is 1. The van der Waals surface area contributed by atoms with Gasteiger partial charge in [-0.2, -0.15) is 0 Å². The Morgan fingerprint density at radius 1 is 1.26 bits per heavy atom. The van der Waals surface area contributed by atoms with Gasteiger partial charge in [-0.3, -0.25) is 4.79 Å². The zero-order chi connectivity index (χ0) is 14.1. The number of carbonyl (C=O) groups excluding carboxylic acids is 1. The normalized spacial score (nSPS) is 12.4. The molecule has 0 aliphatic carbocycles. The Balaban J connectivity index is 2.17. The molecule has 106 valence electrons. The van der Waals surface area contributed by atoms with E-state index in [2.05, 4.69) is 19.2 Å². The summed E-state index contributed by atoms with van der Waals surface area (Å²) in [5.41, 5.74) is 6.69. The average Bonchev–Trinajstić information content (AvgIpc) is 2.42. The zero-order valence-electron chi connectivity index (χ0n) is 11.8. The number of ether oxygens (including phenoxy) is 1. The molecule has 0 spiro atoms. The number of carbonyl (C=O) groups is 1. The Labute approximate surface area is 115 Å². The van der Waals surface area contributed by atoms with Crippen LogP contribution in [0.25, 0.3) is 0 Å². The molecule has 1 rings (SSSR count). The van der Waals surface area contributed by atoms with Crippen molar-refractivity contribution in [2.45, 2.75) is 26.3 Å². The van der Waals surface area contributed by atoms with E-state index < -0.39 is 6.04 Å². The summed E-state index contributed by atoms with van der Waals surface area (Å²) in [6, 6.07) is 8.73. The first-order valence-corrected chi connectivity index (χ1v) is 6.77. The minimum Gasteiger partial charge on any atom is -0.380 e. The van der Waals surface area contributed by atoms with Crippen LogP contribution in [0.1, 0.15) is 31.9 Å². The summed E-state index contributed by atoms with van der Waals surface area (Å²) < 4.78 is 5.42. The predicted octanol–water partition coefficient (Wildman–Crippen LogP) is 1.87. The van der Waals surface area contributed by atoms with Crippen molar-refractivity contribution in [3.8, 4) is 0 Å². The van der Waals surface area contributed by atoms with E-state index in [9.17, 15) is 4.79 Å². The van der Waals surface area contributed by atoms with E-state index in [0.717, 1.165) is 18.6 Å². The van der Waals surface area contributed by atoms with Crippen molar-refractivity contribution < 1.29 is 9.53 Å². The molecule has 4 nitrogen and oxygen atoms in total. The van der Waals surface area contributed by atoms with E-state index in [4.69, 9.17) is 10.5 Å². The molecule has 4 heteroatoms. The predicted molar refractivity (Wildman–Crippen MR) is 76.7 cm³/mol. The maximum absolute atomic E-state index is 11.8. The lowest BCUT2D eigenvalue weighted by Crippen LogP contribution is -2.36. The maximum atomic E-state index is 11.8. The van der Waals surface area contributed by atoms with Gasteiger partial charge in [0.25, 0.3) is 0 Å². The van der Waals surface area contributed by atoms with Gasteiger partial charge in [0.15, 0.2) is 0 Å². The lowest BCUT2D eigenvalue weighted by atomic mass is 10.1. The van der Waals surface area contributed by atoms with Gasteiger partial charge in [0.2, 0.25) is 5.91 Å². The molecule has 0 aliphatic heterocycles. The zero-order valence-corrected chi connectivity index (χ0v) is 11.8. The third-order valence-corrected chi connectivity index (χ3v) is 2.83. The summed E-state index contributed by atoms with van der Waals surface area (Å²) in [7, 11) is 0. The smallest absolute Gasteiger partial charge is 0.241 e. The Morgan fingerprint density at radius 2 is 1.95 bits per heavy atom. The van der Waals surface area contributed by atoms with Gasteiger partial charge in [-0.25, -0.2) is 0 Å². The fraction of sp³-hybridized carbons (Fsp3) is 0.533. The van der Waals surface area contributed by atoms with Gasteiger partial charge in [-0.15, -0.1) is 0 Å². The number of hydrogen-bond donors (Lipinski definition) is 2. The summed E-state index contributed by atoms with van der Waals surface area (Å²) in [5, 5.41) is 2.78. The molecule has 0 saturated carbocycles. The monoisotopic (exact) mass is 264 g/mol. The highest BCUT2D eigenvalue weighted by molar-refractivity contribution is 5.82. The Hall–Kier alpha value is -1.39.